The van der Waals surface area contributed by atoms with E-state index in [4.69, 9.17) is 16.9 Å². The zero-order chi connectivity index (χ0) is 12.1. The summed E-state index contributed by atoms with van der Waals surface area (Å²) in [5, 5.41) is 9.35. The Morgan fingerprint density at radius 2 is 2.25 bits per heavy atom. The molecule has 0 atom stereocenters. The lowest BCUT2D eigenvalue weighted by Gasteiger charge is -2.24. The first kappa shape index (κ1) is 12.8. The van der Waals surface area contributed by atoms with Crippen LogP contribution >= 0.6 is 11.6 Å². The second-order valence-corrected chi connectivity index (χ2v) is 4.42. The number of anilines is 1. The van der Waals surface area contributed by atoms with Crippen molar-refractivity contribution in [3.8, 4) is 6.07 Å². The van der Waals surface area contributed by atoms with Crippen LogP contribution in [0.1, 0.15) is 26.3 Å². The summed E-state index contributed by atoms with van der Waals surface area (Å²) < 4.78 is 0. The minimum absolute atomic E-state index is 0.451. The number of aromatic nitrogens is 1. The van der Waals surface area contributed by atoms with E-state index in [0.29, 0.717) is 22.3 Å². The second kappa shape index (κ2) is 5.72. The van der Waals surface area contributed by atoms with Crippen molar-refractivity contribution >= 4 is 17.4 Å². The maximum atomic E-state index is 8.90. The summed E-state index contributed by atoms with van der Waals surface area (Å²) in [4.78, 5) is 6.35. The Bertz CT molecular complexity index is 396. The van der Waals surface area contributed by atoms with Gasteiger partial charge in [0, 0.05) is 19.3 Å². The summed E-state index contributed by atoms with van der Waals surface area (Å²) in [6, 6.07) is 3.70. The minimum Gasteiger partial charge on any atom is -0.355 e. The van der Waals surface area contributed by atoms with E-state index in [1.165, 1.54) is 0 Å². The Morgan fingerprint density at radius 3 is 2.75 bits per heavy atom. The van der Waals surface area contributed by atoms with Gasteiger partial charge in [0.1, 0.15) is 16.9 Å². The van der Waals surface area contributed by atoms with E-state index in [0.717, 1.165) is 13.1 Å². The summed E-state index contributed by atoms with van der Waals surface area (Å²) in [5.74, 6) is 1.24. The lowest BCUT2D eigenvalue weighted by Crippen LogP contribution is -2.28. The molecule has 0 bridgehead atoms. The predicted molar refractivity (Wildman–Crippen MR) is 66.7 cm³/mol. The number of pyridine rings is 1. The molecule has 0 saturated carbocycles. The fraction of sp³-hybridized carbons (Fsp3) is 0.500. The molecule has 0 saturated heterocycles. The highest BCUT2D eigenvalue weighted by Gasteiger charge is 2.14. The maximum absolute atomic E-state index is 8.90. The normalized spacial score (nSPS) is 10.2. The average Bonchev–Trinajstić information content (AvgIpc) is 2.26. The van der Waals surface area contributed by atoms with E-state index in [1.54, 1.807) is 12.3 Å². The molecule has 1 aromatic heterocycles. The molecule has 3 nitrogen and oxygen atoms in total. The van der Waals surface area contributed by atoms with Gasteiger partial charge in [0.2, 0.25) is 0 Å². The van der Waals surface area contributed by atoms with Crippen LogP contribution in [0, 0.1) is 17.2 Å². The number of hydrogen-bond donors (Lipinski definition) is 0. The third-order valence-corrected chi connectivity index (χ3v) is 2.63. The lowest BCUT2D eigenvalue weighted by atomic mass is 10.2. The van der Waals surface area contributed by atoms with E-state index in [1.807, 2.05) is 0 Å². The quantitative estimate of drug-likeness (QED) is 0.808. The first-order valence-corrected chi connectivity index (χ1v) is 5.77. The highest BCUT2D eigenvalue weighted by Crippen LogP contribution is 2.26. The molecular formula is C12H16ClN3. The third-order valence-electron chi connectivity index (χ3n) is 2.26. The van der Waals surface area contributed by atoms with Gasteiger partial charge >= 0.3 is 0 Å². The summed E-state index contributed by atoms with van der Waals surface area (Å²) >= 11 is 6.14. The molecule has 0 aliphatic heterocycles. The van der Waals surface area contributed by atoms with E-state index < -0.39 is 0 Å². The Morgan fingerprint density at radius 1 is 1.56 bits per heavy atom. The van der Waals surface area contributed by atoms with Crippen molar-refractivity contribution in [3.63, 3.8) is 0 Å². The van der Waals surface area contributed by atoms with Gasteiger partial charge in [-0.15, -0.1) is 0 Å². The molecule has 1 rings (SSSR count). The van der Waals surface area contributed by atoms with Gasteiger partial charge in [0.25, 0.3) is 0 Å². The largest absolute Gasteiger partial charge is 0.355 e. The highest BCUT2D eigenvalue weighted by molar-refractivity contribution is 6.34. The van der Waals surface area contributed by atoms with Crippen LogP contribution in [0.2, 0.25) is 5.02 Å². The fourth-order valence-corrected chi connectivity index (χ4v) is 1.82. The fourth-order valence-electron chi connectivity index (χ4n) is 1.55. The molecule has 1 heterocycles. The smallest absolute Gasteiger partial charge is 0.148 e. The Balaban J connectivity index is 3.06. The number of nitriles is 1. The third kappa shape index (κ3) is 2.86. The maximum Gasteiger partial charge on any atom is 0.148 e. The summed E-state index contributed by atoms with van der Waals surface area (Å²) in [7, 11) is 0. The van der Waals surface area contributed by atoms with Gasteiger partial charge in [-0.3, -0.25) is 0 Å². The molecule has 0 fully saturated rings. The molecule has 0 amide bonds. The number of nitrogens with zero attached hydrogens (tertiary/aromatic N) is 3. The lowest BCUT2D eigenvalue weighted by molar-refractivity contribution is 0.614. The Kier molecular flexibility index (Phi) is 4.57. The first-order valence-electron chi connectivity index (χ1n) is 5.39. The van der Waals surface area contributed by atoms with Gasteiger partial charge in [-0.1, -0.05) is 25.4 Å². The van der Waals surface area contributed by atoms with E-state index in [9.17, 15) is 0 Å². The SMILES string of the molecule is CCN(CC(C)C)c1nccc(C#N)c1Cl. The van der Waals surface area contributed by atoms with Crippen LogP contribution in [-0.4, -0.2) is 18.1 Å². The van der Waals surface area contributed by atoms with E-state index >= 15 is 0 Å². The highest BCUT2D eigenvalue weighted by atomic mass is 35.5. The molecular weight excluding hydrogens is 222 g/mol. The van der Waals surface area contributed by atoms with Gasteiger partial charge in [-0.2, -0.15) is 5.26 Å². The van der Waals surface area contributed by atoms with Crippen molar-refractivity contribution in [2.45, 2.75) is 20.8 Å². The van der Waals surface area contributed by atoms with Crippen molar-refractivity contribution in [3.05, 3.63) is 22.8 Å². The molecule has 16 heavy (non-hydrogen) atoms. The van der Waals surface area contributed by atoms with Crippen LogP contribution in [0.3, 0.4) is 0 Å². The molecule has 0 radical (unpaired) electrons. The van der Waals surface area contributed by atoms with Gasteiger partial charge < -0.3 is 4.90 Å². The zero-order valence-corrected chi connectivity index (χ0v) is 10.6. The topological polar surface area (TPSA) is 39.9 Å². The van der Waals surface area contributed by atoms with Gasteiger partial charge in [0.15, 0.2) is 0 Å². The van der Waals surface area contributed by atoms with E-state index in [2.05, 4.69) is 36.7 Å². The summed E-state index contributed by atoms with van der Waals surface area (Å²) in [5.41, 5.74) is 0.480. The van der Waals surface area contributed by atoms with Crippen molar-refractivity contribution in [1.29, 1.82) is 5.26 Å². The average molecular weight is 238 g/mol. The Labute approximate surface area is 102 Å². The van der Waals surface area contributed by atoms with Crippen LogP contribution < -0.4 is 4.90 Å². The van der Waals surface area contributed by atoms with Gasteiger partial charge in [-0.25, -0.2) is 4.98 Å². The summed E-state index contributed by atoms with van der Waals surface area (Å²) in [6.07, 6.45) is 1.63. The van der Waals surface area contributed by atoms with Crippen molar-refractivity contribution in [1.82, 2.24) is 4.98 Å². The molecule has 1 aromatic rings. The predicted octanol–water partition coefficient (Wildman–Crippen LogP) is 3.09. The van der Waals surface area contributed by atoms with Crippen molar-refractivity contribution in [2.24, 2.45) is 5.92 Å². The monoisotopic (exact) mass is 237 g/mol. The molecule has 0 spiro atoms. The molecule has 0 aliphatic rings. The first-order chi connectivity index (χ1) is 7.60. The second-order valence-electron chi connectivity index (χ2n) is 4.04. The Hall–Kier alpha value is -1.27. The van der Waals surface area contributed by atoms with Crippen LogP contribution in [-0.2, 0) is 0 Å². The summed E-state index contributed by atoms with van der Waals surface area (Å²) in [6.45, 7) is 8.06. The van der Waals surface area contributed by atoms with Crippen LogP contribution in [0.4, 0.5) is 5.82 Å². The number of hydrogen-bond acceptors (Lipinski definition) is 3. The molecule has 0 N–H and O–H groups in total. The molecule has 86 valence electrons. The standard InChI is InChI=1S/C12H16ClN3/c1-4-16(8-9(2)3)12-11(13)10(7-14)5-6-15-12/h5-6,9H,4,8H2,1-3H3. The van der Waals surface area contributed by atoms with Gasteiger partial charge in [-0.05, 0) is 18.9 Å². The van der Waals surface area contributed by atoms with Crippen molar-refractivity contribution < 1.29 is 0 Å². The molecule has 0 aromatic carbocycles. The van der Waals surface area contributed by atoms with E-state index in [-0.39, 0.29) is 0 Å². The zero-order valence-electron chi connectivity index (χ0n) is 9.87. The van der Waals surface area contributed by atoms with Crippen molar-refractivity contribution in [2.75, 3.05) is 18.0 Å². The van der Waals surface area contributed by atoms with Crippen LogP contribution in [0.25, 0.3) is 0 Å². The minimum atomic E-state index is 0.451. The van der Waals surface area contributed by atoms with Gasteiger partial charge in [0.05, 0.1) is 5.56 Å². The molecule has 4 heteroatoms. The van der Waals surface area contributed by atoms with Crippen LogP contribution in [0.15, 0.2) is 12.3 Å². The number of halogens is 1. The van der Waals surface area contributed by atoms with Crippen LogP contribution in [0.5, 0.6) is 0 Å². The number of rotatable bonds is 4. The molecule has 0 unspecified atom stereocenters. The molecule has 0 aliphatic carbocycles.